The van der Waals surface area contributed by atoms with Crippen molar-refractivity contribution in [3.8, 4) is 0 Å². The van der Waals surface area contributed by atoms with E-state index in [0.29, 0.717) is 6.42 Å². The third kappa shape index (κ3) is 22.8. The van der Waals surface area contributed by atoms with Gasteiger partial charge in [-0.3, -0.25) is 4.55 Å². The zero-order valence-electron chi connectivity index (χ0n) is 13.6. The van der Waals surface area contributed by atoms with E-state index in [1.54, 1.807) is 0 Å². The largest absolute Gasteiger partial charge is 0.286 e. The molecule has 0 aliphatic heterocycles. The molecule has 1 N–H and O–H groups in total. The van der Waals surface area contributed by atoms with Crippen molar-refractivity contribution in [1.82, 2.24) is 0 Å². The molecule has 0 atom stereocenters. The number of hydrogen-bond donors (Lipinski definition) is 1. The summed E-state index contributed by atoms with van der Waals surface area (Å²) in [4.78, 5) is 0. The van der Waals surface area contributed by atoms with E-state index in [0.717, 1.165) is 12.8 Å². The Balaban J connectivity index is 0. The monoisotopic (exact) mass is 364 g/mol. The summed E-state index contributed by atoms with van der Waals surface area (Å²) in [5.74, 6) is -0.0783. The second-order valence-corrected chi connectivity index (χ2v) is 7.45. The van der Waals surface area contributed by atoms with E-state index in [1.807, 2.05) is 0 Å². The van der Waals surface area contributed by atoms with Crippen molar-refractivity contribution in [3.63, 3.8) is 0 Å². The van der Waals surface area contributed by atoms with Crippen molar-refractivity contribution in [2.75, 3.05) is 5.75 Å². The van der Waals surface area contributed by atoms with Crippen molar-refractivity contribution in [1.29, 1.82) is 0 Å². The molecule has 0 amide bonds. The maximum Gasteiger partial charge on any atom is 0.264 e. The summed E-state index contributed by atoms with van der Waals surface area (Å²) in [6.07, 6.45) is 17.4. The first-order chi connectivity index (χ1) is 9.56. The molecule has 0 radical (unpaired) electrons. The smallest absolute Gasteiger partial charge is 0.264 e. The predicted octanol–water partition coefficient (Wildman–Crippen LogP) is 5.35. The van der Waals surface area contributed by atoms with Crippen LogP contribution in [0.25, 0.3) is 0 Å². The minimum atomic E-state index is -3.74. The topological polar surface area (TPSA) is 54.4 Å². The molecule has 21 heavy (non-hydrogen) atoms. The molecule has 3 nitrogen and oxygen atoms in total. The Morgan fingerprint density at radius 1 is 0.619 bits per heavy atom. The Bertz CT molecular complexity index is 292. The van der Waals surface area contributed by atoms with Crippen LogP contribution in [-0.2, 0) is 26.6 Å². The molecule has 0 saturated heterocycles. The van der Waals surface area contributed by atoms with E-state index in [9.17, 15) is 8.42 Å². The van der Waals surface area contributed by atoms with Crippen LogP contribution in [0.5, 0.6) is 0 Å². The Labute approximate surface area is 142 Å². The zero-order valence-corrected chi connectivity index (χ0v) is 15.4. The molecule has 0 fully saturated rings. The van der Waals surface area contributed by atoms with Gasteiger partial charge in [-0.15, -0.1) is 0 Å². The molecule has 0 aromatic heterocycles. The molecule has 0 unspecified atom stereocenters. The van der Waals surface area contributed by atoms with Gasteiger partial charge in [0.1, 0.15) is 0 Å². The zero-order chi connectivity index (χ0) is 15.1. The number of unbranched alkanes of at least 4 members (excludes halogenated alkanes) is 13. The SMILES string of the molecule is CCCCCCCCCCCCCCCCS(=O)(=O)O.[Ni]. The summed E-state index contributed by atoms with van der Waals surface area (Å²) < 4.78 is 29.6. The van der Waals surface area contributed by atoms with Crippen LogP contribution in [0.3, 0.4) is 0 Å². The normalized spacial score (nSPS) is 11.3. The van der Waals surface area contributed by atoms with E-state index in [2.05, 4.69) is 6.92 Å². The van der Waals surface area contributed by atoms with Gasteiger partial charge in [-0.1, -0.05) is 90.4 Å². The van der Waals surface area contributed by atoms with Crippen LogP contribution >= 0.6 is 0 Å². The fourth-order valence-corrected chi connectivity index (χ4v) is 3.05. The third-order valence-corrected chi connectivity index (χ3v) is 4.56. The van der Waals surface area contributed by atoms with E-state index >= 15 is 0 Å². The van der Waals surface area contributed by atoms with Crippen molar-refractivity contribution in [3.05, 3.63) is 0 Å². The Morgan fingerprint density at radius 2 is 0.905 bits per heavy atom. The average molecular weight is 365 g/mol. The van der Waals surface area contributed by atoms with Gasteiger partial charge in [0.25, 0.3) is 10.1 Å². The molecule has 0 saturated carbocycles. The van der Waals surface area contributed by atoms with E-state index in [4.69, 9.17) is 4.55 Å². The predicted molar refractivity (Wildman–Crippen MR) is 86.7 cm³/mol. The second kappa shape index (κ2) is 16.8. The first-order valence-electron chi connectivity index (χ1n) is 8.51. The van der Waals surface area contributed by atoms with Gasteiger partial charge in [0.05, 0.1) is 5.75 Å². The third-order valence-electron chi connectivity index (χ3n) is 3.76. The fraction of sp³-hybridized carbons (Fsp3) is 1.00. The number of rotatable bonds is 15. The van der Waals surface area contributed by atoms with Crippen LogP contribution < -0.4 is 0 Å². The Kier molecular flexibility index (Phi) is 18.9. The summed E-state index contributed by atoms with van der Waals surface area (Å²) in [7, 11) is -3.74. The summed E-state index contributed by atoms with van der Waals surface area (Å²) in [6.45, 7) is 2.25. The summed E-state index contributed by atoms with van der Waals surface area (Å²) in [5.41, 5.74) is 0. The van der Waals surface area contributed by atoms with Gasteiger partial charge >= 0.3 is 0 Å². The van der Waals surface area contributed by atoms with Gasteiger partial charge < -0.3 is 0 Å². The first-order valence-corrected chi connectivity index (χ1v) is 10.1. The minimum Gasteiger partial charge on any atom is -0.286 e. The van der Waals surface area contributed by atoms with Crippen molar-refractivity contribution in [2.24, 2.45) is 0 Å². The van der Waals surface area contributed by atoms with Crippen molar-refractivity contribution >= 4 is 10.1 Å². The van der Waals surface area contributed by atoms with Gasteiger partial charge in [0.2, 0.25) is 0 Å². The van der Waals surface area contributed by atoms with E-state index < -0.39 is 10.1 Å². The molecular weight excluding hydrogens is 331 g/mol. The molecule has 0 rings (SSSR count). The van der Waals surface area contributed by atoms with Gasteiger partial charge in [0.15, 0.2) is 0 Å². The maximum absolute atomic E-state index is 10.5. The fourth-order valence-electron chi connectivity index (χ4n) is 2.48. The van der Waals surface area contributed by atoms with Gasteiger partial charge in [-0.25, -0.2) is 0 Å². The molecule has 5 heteroatoms. The Morgan fingerprint density at radius 3 is 1.19 bits per heavy atom. The average Bonchev–Trinajstić information content (AvgIpc) is 2.38. The summed E-state index contributed by atoms with van der Waals surface area (Å²) in [6, 6.07) is 0. The van der Waals surface area contributed by atoms with Crippen LogP contribution in [0, 0.1) is 0 Å². The minimum absolute atomic E-state index is 0. The molecule has 0 aromatic carbocycles. The quantitative estimate of drug-likeness (QED) is 0.242. The van der Waals surface area contributed by atoms with Crippen LogP contribution in [0.4, 0.5) is 0 Å². The molecule has 0 bridgehead atoms. The second-order valence-electron chi connectivity index (χ2n) is 5.88. The van der Waals surface area contributed by atoms with Crippen LogP contribution in [0.1, 0.15) is 96.8 Å². The van der Waals surface area contributed by atoms with Crippen LogP contribution in [-0.4, -0.2) is 18.7 Å². The Hall–Kier alpha value is 0.404. The number of hydrogen-bond acceptors (Lipinski definition) is 2. The molecule has 132 valence electrons. The molecule has 0 spiro atoms. The van der Waals surface area contributed by atoms with Crippen LogP contribution in [0.2, 0.25) is 0 Å². The molecule has 0 aromatic rings. The van der Waals surface area contributed by atoms with Gasteiger partial charge in [-0.2, -0.15) is 8.42 Å². The van der Waals surface area contributed by atoms with Gasteiger partial charge in [-0.05, 0) is 6.42 Å². The van der Waals surface area contributed by atoms with Gasteiger partial charge in [0, 0.05) is 16.5 Å². The standard InChI is InChI=1S/C16H34O3S.Ni/c1-2-3-4-5-6-7-8-9-10-11-12-13-14-15-16-20(17,18)19;/h2-16H2,1H3,(H,17,18,19);. The summed E-state index contributed by atoms with van der Waals surface area (Å²) >= 11 is 0. The first kappa shape index (κ1) is 23.7. The molecule has 0 aliphatic rings. The molecule has 0 heterocycles. The maximum atomic E-state index is 10.5. The summed E-state index contributed by atoms with van der Waals surface area (Å²) in [5, 5.41) is 0. The van der Waals surface area contributed by atoms with Crippen LogP contribution in [0.15, 0.2) is 0 Å². The van der Waals surface area contributed by atoms with E-state index in [-0.39, 0.29) is 22.2 Å². The molecule has 0 aliphatic carbocycles. The van der Waals surface area contributed by atoms with Crippen molar-refractivity contribution in [2.45, 2.75) is 96.8 Å². The van der Waals surface area contributed by atoms with E-state index in [1.165, 1.54) is 70.6 Å². The molecular formula is C16H34NiO3S. The van der Waals surface area contributed by atoms with Crippen molar-refractivity contribution < 1.29 is 29.5 Å².